The fraction of sp³-hybridized carbons (Fsp3) is 0.464. The van der Waals surface area contributed by atoms with Crippen LogP contribution in [-0.2, 0) is 25.2 Å². The highest BCUT2D eigenvalue weighted by molar-refractivity contribution is 6.10. The van der Waals surface area contributed by atoms with Gasteiger partial charge in [0.05, 0.1) is 17.5 Å². The van der Waals surface area contributed by atoms with Crippen molar-refractivity contribution in [1.82, 2.24) is 19.7 Å². The number of anilines is 1. The van der Waals surface area contributed by atoms with Crippen LogP contribution in [0.1, 0.15) is 77.1 Å². The Hall–Kier alpha value is -3.20. The minimum atomic E-state index is -4.53. The van der Waals surface area contributed by atoms with E-state index >= 15 is 0 Å². The summed E-state index contributed by atoms with van der Waals surface area (Å²) in [5.74, 6) is 0.998. The molecule has 2 aromatic carbocycles. The lowest BCUT2D eigenvalue weighted by Gasteiger charge is -2.46. The third-order valence-corrected chi connectivity index (χ3v) is 8.52. The van der Waals surface area contributed by atoms with Crippen LogP contribution in [0.25, 0.3) is 0 Å². The number of aryl methyl sites for hydroxylation is 1. The Kier molecular flexibility index (Phi) is 5.49. The van der Waals surface area contributed by atoms with Gasteiger partial charge in [0.25, 0.3) is 5.91 Å². The van der Waals surface area contributed by atoms with Crippen LogP contribution >= 0.6 is 0 Å². The summed E-state index contributed by atoms with van der Waals surface area (Å²) in [7, 11) is 3.84. The van der Waals surface area contributed by atoms with Gasteiger partial charge in [-0.05, 0) is 86.1 Å². The molecule has 3 aliphatic rings. The highest BCUT2D eigenvalue weighted by atomic mass is 19.4. The summed E-state index contributed by atoms with van der Waals surface area (Å²) in [5.41, 5.74) is 1.38. The molecule has 1 atom stereocenters. The largest absolute Gasteiger partial charge is 0.416 e. The number of nitrogens with zero attached hydrogens (tertiary/aromatic N) is 5. The fourth-order valence-electron chi connectivity index (χ4n) is 6.78. The van der Waals surface area contributed by atoms with E-state index in [9.17, 15) is 18.0 Å². The number of benzene rings is 2. The summed E-state index contributed by atoms with van der Waals surface area (Å²) in [6, 6.07) is 10.5. The molecule has 0 radical (unpaired) electrons. The molecule has 6 rings (SSSR count). The van der Waals surface area contributed by atoms with Gasteiger partial charge in [0.15, 0.2) is 0 Å². The Morgan fingerprint density at radius 2 is 1.89 bits per heavy atom. The lowest BCUT2D eigenvalue weighted by atomic mass is 9.58. The van der Waals surface area contributed by atoms with Crippen molar-refractivity contribution in [2.45, 2.75) is 56.8 Å². The molecule has 3 heterocycles. The zero-order chi connectivity index (χ0) is 26.1. The van der Waals surface area contributed by atoms with Crippen molar-refractivity contribution in [2.24, 2.45) is 13.0 Å². The summed E-state index contributed by atoms with van der Waals surface area (Å²) in [6.45, 7) is 2.93. The SMILES string of the molecule is CC1CC(c2cccc(N3Cc4c(cc(C5CCCN5C)cc4C(F)(F)F)C3=O)c2)(c2nncn2C)C1. The molecule has 1 saturated heterocycles. The number of likely N-dealkylation sites (tertiary alicyclic amines) is 1. The second-order valence-electron chi connectivity index (χ2n) is 11.0. The Balaban J connectivity index is 1.40. The van der Waals surface area contributed by atoms with Gasteiger partial charge in [-0.3, -0.25) is 9.69 Å². The predicted molar refractivity (Wildman–Crippen MR) is 133 cm³/mol. The van der Waals surface area contributed by atoms with E-state index in [2.05, 4.69) is 22.0 Å². The van der Waals surface area contributed by atoms with Gasteiger partial charge in [0.2, 0.25) is 0 Å². The van der Waals surface area contributed by atoms with Gasteiger partial charge in [0, 0.05) is 24.3 Å². The molecule has 194 valence electrons. The summed E-state index contributed by atoms with van der Waals surface area (Å²) in [5, 5.41) is 8.47. The van der Waals surface area contributed by atoms with E-state index in [0.717, 1.165) is 43.6 Å². The third kappa shape index (κ3) is 3.77. The lowest BCUT2D eigenvalue weighted by molar-refractivity contribution is -0.138. The maximum absolute atomic E-state index is 14.2. The molecule has 9 heteroatoms. The Morgan fingerprint density at radius 1 is 1.11 bits per heavy atom. The molecule has 1 aromatic heterocycles. The molecule has 0 N–H and O–H groups in total. The molecule has 1 saturated carbocycles. The van der Waals surface area contributed by atoms with Crippen LogP contribution in [0.2, 0.25) is 0 Å². The first kappa shape index (κ1) is 24.2. The van der Waals surface area contributed by atoms with Crippen LogP contribution in [0.4, 0.5) is 18.9 Å². The summed E-state index contributed by atoms with van der Waals surface area (Å²) >= 11 is 0. The maximum Gasteiger partial charge on any atom is 0.416 e. The second kappa shape index (κ2) is 8.41. The molecule has 2 fully saturated rings. The van der Waals surface area contributed by atoms with Gasteiger partial charge in [0.1, 0.15) is 12.2 Å². The van der Waals surface area contributed by atoms with Crippen LogP contribution in [-0.4, -0.2) is 39.2 Å². The number of amides is 1. The Morgan fingerprint density at radius 3 is 2.51 bits per heavy atom. The first-order chi connectivity index (χ1) is 17.6. The van der Waals surface area contributed by atoms with Crippen molar-refractivity contribution in [2.75, 3.05) is 18.5 Å². The van der Waals surface area contributed by atoms with E-state index in [0.29, 0.717) is 17.2 Å². The quantitative estimate of drug-likeness (QED) is 0.468. The number of aromatic nitrogens is 3. The van der Waals surface area contributed by atoms with Crippen molar-refractivity contribution < 1.29 is 18.0 Å². The molecule has 1 amide bonds. The molecule has 6 nitrogen and oxygen atoms in total. The maximum atomic E-state index is 14.2. The van der Waals surface area contributed by atoms with Crippen LogP contribution in [0, 0.1) is 5.92 Å². The molecule has 0 spiro atoms. The first-order valence-electron chi connectivity index (χ1n) is 12.8. The number of hydrogen-bond acceptors (Lipinski definition) is 4. The number of carbonyl (C=O) groups excluding carboxylic acids is 1. The van der Waals surface area contributed by atoms with E-state index in [-0.39, 0.29) is 35.0 Å². The van der Waals surface area contributed by atoms with E-state index < -0.39 is 11.7 Å². The average Bonchev–Trinajstić information content (AvgIpc) is 3.55. The van der Waals surface area contributed by atoms with Gasteiger partial charge in [-0.2, -0.15) is 13.2 Å². The number of hydrogen-bond donors (Lipinski definition) is 0. The predicted octanol–water partition coefficient (Wildman–Crippen LogP) is 5.48. The van der Waals surface area contributed by atoms with Gasteiger partial charge in [-0.25, -0.2) is 0 Å². The van der Waals surface area contributed by atoms with Gasteiger partial charge >= 0.3 is 6.18 Å². The highest BCUT2D eigenvalue weighted by Crippen LogP contribution is 2.52. The molecular weight excluding hydrogens is 479 g/mol. The summed E-state index contributed by atoms with van der Waals surface area (Å²) in [4.78, 5) is 17.2. The number of carbonyl (C=O) groups is 1. The average molecular weight is 510 g/mol. The summed E-state index contributed by atoms with van der Waals surface area (Å²) < 4.78 is 44.6. The van der Waals surface area contributed by atoms with Crippen molar-refractivity contribution >= 4 is 11.6 Å². The molecule has 1 unspecified atom stereocenters. The standard InChI is InChI=1S/C28H30F3N5O/c1-17-13-27(14-17,26-33-32-16-35(26)3)19-6-4-7-20(12-19)36-15-22-21(25(36)37)10-18(11-23(22)28(29,30)31)24-8-5-9-34(24)2/h4,6-7,10-12,16-17,24H,5,8-9,13-15H2,1-3H3. The minimum absolute atomic E-state index is 0.0626. The lowest BCUT2D eigenvalue weighted by Crippen LogP contribution is -2.43. The third-order valence-electron chi connectivity index (χ3n) is 8.52. The van der Waals surface area contributed by atoms with E-state index in [1.165, 1.54) is 11.0 Å². The Bertz CT molecular complexity index is 1370. The van der Waals surface area contributed by atoms with Crippen LogP contribution in [0.5, 0.6) is 0 Å². The number of fused-ring (bicyclic) bond motifs is 1. The van der Waals surface area contributed by atoms with Crippen molar-refractivity contribution in [3.05, 3.63) is 76.4 Å². The van der Waals surface area contributed by atoms with Gasteiger partial charge in [-0.15, -0.1) is 10.2 Å². The highest BCUT2D eigenvalue weighted by Gasteiger charge is 2.48. The van der Waals surface area contributed by atoms with E-state index in [1.54, 1.807) is 18.5 Å². The zero-order valence-electron chi connectivity index (χ0n) is 21.2. The molecule has 2 aliphatic heterocycles. The number of rotatable bonds is 4. The summed E-state index contributed by atoms with van der Waals surface area (Å²) in [6.07, 6.45) is 0.657. The van der Waals surface area contributed by atoms with E-state index in [1.807, 2.05) is 36.9 Å². The fourth-order valence-corrected chi connectivity index (χ4v) is 6.78. The van der Waals surface area contributed by atoms with Crippen molar-refractivity contribution in [3.8, 4) is 0 Å². The monoisotopic (exact) mass is 509 g/mol. The van der Waals surface area contributed by atoms with E-state index in [4.69, 9.17) is 0 Å². The smallest absolute Gasteiger partial charge is 0.320 e. The number of halogens is 3. The molecule has 37 heavy (non-hydrogen) atoms. The second-order valence-corrected chi connectivity index (χ2v) is 11.0. The Labute approximate surface area is 214 Å². The van der Waals surface area contributed by atoms with Crippen LogP contribution < -0.4 is 4.90 Å². The molecule has 1 aliphatic carbocycles. The van der Waals surface area contributed by atoms with Crippen LogP contribution in [0.3, 0.4) is 0 Å². The van der Waals surface area contributed by atoms with Crippen LogP contribution in [0.15, 0.2) is 42.7 Å². The zero-order valence-corrected chi connectivity index (χ0v) is 21.2. The molecule has 0 bridgehead atoms. The molecular formula is C28H30F3N5O. The minimum Gasteiger partial charge on any atom is -0.320 e. The number of alkyl halides is 3. The van der Waals surface area contributed by atoms with Crippen molar-refractivity contribution in [3.63, 3.8) is 0 Å². The normalized spacial score (nSPS) is 26.0. The van der Waals surface area contributed by atoms with Gasteiger partial charge in [-0.1, -0.05) is 19.1 Å². The van der Waals surface area contributed by atoms with Crippen molar-refractivity contribution in [1.29, 1.82) is 0 Å². The van der Waals surface area contributed by atoms with Gasteiger partial charge < -0.3 is 9.47 Å². The first-order valence-corrected chi connectivity index (χ1v) is 12.8. The topological polar surface area (TPSA) is 54.3 Å². The molecule has 3 aromatic rings.